The lowest BCUT2D eigenvalue weighted by Crippen LogP contribution is -2.49. The van der Waals surface area contributed by atoms with E-state index in [0.29, 0.717) is 82.6 Å². The van der Waals surface area contributed by atoms with Crippen LogP contribution < -0.4 is 30.1 Å². The van der Waals surface area contributed by atoms with Gasteiger partial charge < -0.3 is 62.3 Å². The number of ether oxygens (including phenoxy) is 6. The number of hydrogen-bond donors (Lipinski definition) is 1. The SMILES string of the molecule is CCC(O)c1cc(C)cc2c1ccc(=O)n2CCN1CCC(N(Cc2ccc3c(c2)OCCO3)C(=O)OC(C)(C)C)CC1.Cc1cc(C=O)c2ccc(=O)n(CCN3CCC(N(Cc4ccc5c(c4)OCCO5)C(=O)OC(C)(C)C)CC3)c2c1. The van der Waals surface area contributed by atoms with Crippen LogP contribution in [0.2, 0.25) is 0 Å². The first kappa shape index (κ1) is 61.2. The number of pyridine rings is 2. The van der Waals surface area contributed by atoms with E-state index in [9.17, 15) is 29.1 Å². The predicted molar refractivity (Wildman–Crippen MR) is 324 cm³/mol. The molecular formula is C66H84N6O12. The Balaban J connectivity index is 0.000000202. The Hall–Kier alpha value is -7.41. The number of rotatable bonds is 15. The van der Waals surface area contributed by atoms with Gasteiger partial charge in [-0.15, -0.1) is 0 Å². The second-order valence-electron chi connectivity index (χ2n) is 24.6. The van der Waals surface area contributed by atoms with Crippen LogP contribution in [0, 0.1) is 13.8 Å². The molecular weight excluding hydrogens is 1070 g/mol. The molecule has 2 saturated heterocycles. The zero-order valence-electron chi connectivity index (χ0n) is 50.4. The van der Waals surface area contributed by atoms with Gasteiger partial charge >= 0.3 is 12.2 Å². The summed E-state index contributed by atoms with van der Waals surface area (Å²) in [5, 5.41) is 12.3. The Morgan fingerprint density at radius 2 is 1.00 bits per heavy atom. The number of carbonyl (C=O) groups is 3. The van der Waals surface area contributed by atoms with E-state index in [-0.39, 0.29) is 35.4 Å². The molecule has 2 aromatic heterocycles. The van der Waals surface area contributed by atoms with Gasteiger partial charge in [0.1, 0.15) is 37.6 Å². The first-order valence-corrected chi connectivity index (χ1v) is 29.8. The van der Waals surface area contributed by atoms with E-state index in [1.807, 2.05) is 143 Å². The molecule has 10 rings (SSSR count). The zero-order chi connectivity index (χ0) is 59.9. The number of carbonyl (C=O) groups excluding carboxylic acids is 3. The molecule has 2 amide bonds. The van der Waals surface area contributed by atoms with Crippen molar-refractivity contribution in [2.75, 3.05) is 65.7 Å². The van der Waals surface area contributed by atoms with Crippen molar-refractivity contribution in [2.24, 2.45) is 0 Å². The summed E-state index contributed by atoms with van der Waals surface area (Å²) in [5.74, 6) is 2.86. The fourth-order valence-electron chi connectivity index (χ4n) is 11.7. The number of aliphatic hydroxyl groups is 1. The molecule has 4 aromatic carbocycles. The molecule has 18 heteroatoms. The van der Waals surface area contributed by atoms with Crippen molar-refractivity contribution in [3.05, 3.63) is 139 Å². The number of fused-ring (bicyclic) bond motifs is 4. The molecule has 2 fully saturated rings. The maximum absolute atomic E-state index is 13.4. The number of aldehydes is 1. The van der Waals surface area contributed by atoms with E-state index in [1.165, 1.54) is 6.07 Å². The van der Waals surface area contributed by atoms with Crippen LogP contribution in [0.5, 0.6) is 23.0 Å². The topological polar surface area (TPSA) is 184 Å². The normalized spacial score (nSPS) is 16.4. The van der Waals surface area contributed by atoms with Crippen LogP contribution >= 0.6 is 0 Å². The molecule has 0 saturated carbocycles. The predicted octanol–water partition coefficient (Wildman–Crippen LogP) is 10.2. The molecule has 4 aliphatic rings. The van der Waals surface area contributed by atoms with E-state index in [2.05, 4.69) is 9.80 Å². The van der Waals surface area contributed by atoms with E-state index in [4.69, 9.17) is 28.4 Å². The summed E-state index contributed by atoms with van der Waals surface area (Å²) in [4.78, 5) is 72.5. The van der Waals surface area contributed by atoms with Crippen LogP contribution in [-0.4, -0.2) is 141 Å². The van der Waals surface area contributed by atoms with Crippen molar-refractivity contribution in [3.63, 3.8) is 0 Å². The lowest BCUT2D eigenvalue weighted by atomic mass is 9.99. The van der Waals surface area contributed by atoms with E-state index < -0.39 is 17.3 Å². The van der Waals surface area contributed by atoms with Gasteiger partial charge in [-0.25, -0.2) is 9.59 Å². The van der Waals surface area contributed by atoms with Crippen LogP contribution in [0.1, 0.15) is 125 Å². The molecule has 6 aromatic rings. The average molecular weight is 1150 g/mol. The standard InChI is InChI=1S/C34H45N3O6.C32H39N3O6/c1-6-29(38)27-19-23(2)20-28-26(27)8-10-32(39)36(28)16-15-35-13-11-25(12-14-35)37(33(40)43-34(3,4)5)22-24-7-9-30-31(21-24)42-18-17-41-30;1-22-17-24(21-36)26-6-8-30(37)34(27(26)18-22)14-13-33-11-9-25(10-12-33)35(31(38)41-32(2,3)4)20-23-5-7-28-29(19-23)40-16-15-39-28/h7-10,19-21,25,29,38H,6,11-18,22H2,1-5H3;5-8,17-19,21,25H,9-16,20H2,1-4H3. The highest BCUT2D eigenvalue weighted by Gasteiger charge is 2.34. The van der Waals surface area contributed by atoms with Gasteiger partial charge in [0.15, 0.2) is 29.3 Å². The molecule has 0 bridgehead atoms. The second kappa shape index (κ2) is 26.7. The molecule has 84 heavy (non-hydrogen) atoms. The maximum Gasteiger partial charge on any atom is 0.410 e. The minimum atomic E-state index is -0.601. The number of aryl methyl sites for hydroxylation is 2. The maximum atomic E-state index is 13.4. The highest BCUT2D eigenvalue weighted by atomic mass is 16.6. The van der Waals surface area contributed by atoms with Crippen molar-refractivity contribution in [2.45, 2.75) is 150 Å². The van der Waals surface area contributed by atoms with Gasteiger partial charge in [-0.1, -0.05) is 25.1 Å². The van der Waals surface area contributed by atoms with Gasteiger partial charge in [0.25, 0.3) is 11.1 Å². The Morgan fingerprint density at radius 3 is 1.43 bits per heavy atom. The minimum absolute atomic E-state index is 0.0207. The lowest BCUT2D eigenvalue weighted by Gasteiger charge is -2.39. The lowest BCUT2D eigenvalue weighted by molar-refractivity contribution is 0.00468. The molecule has 1 atom stereocenters. The van der Waals surface area contributed by atoms with Gasteiger partial charge in [-0.3, -0.25) is 14.4 Å². The number of nitrogens with zero attached hydrogens (tertiary/aromatic N) is 6. The first-order valence-electron chi connectivity index (χ1n) is 29.8. The highest BCUT2D eigenvalue weighted by molar-refractivity contribution is 5.97. The molecule has 1 unspecified atom stereocenters. The fourth-order valence-corrected chi connectivity index (χ4v) is 11.7. The number of aromatic nitrogens is 2. The third kappa shape index (κ3) is 15.3. The van der Waals surface area contributed by atoms with Crippen molar-refractivity contribution in [3.8, 4) is 23.0 Å². The zero-order valence-corrected chi connectivity index (χ0v) is 50.4. The van der Waals surface area contributed by atoms with Crippen LogP contribution in [0.3, 0.4) is 0 Å². The molecule has 0 aliphatic carbocycles. The van der Waals surface area contributed by atoms with E-state index >= 15 is 0 Å². The van der Waals surface area contributed by atoms with Crippen molar-refractivity contribution in [1.82, 2.24) is 28.7 Å². The monoisotopic (exact) mass is 1150 g/mol. The minimum Gasteiger partial charge on any atom is -0.486 e. The van der Waals surface area contributed by atoms with Crippen molar-refractivity contribution >= 4 is 40.3 Å². The molecule has 450 valence electrons. The summed E-state index contributed by atoms with van der Waals surface area (Å²) in [6.07, 6.45) is 3.45. The Morgan fingerprint density at radius 1 is 0.583 bits per heavy atom. The smallest absolute Gasteiger partial charge is 0.410 e. The van der Waals surface area contributed by atoms with Gasteiger partial charge in [0, 0.05) is 106 Å². The number of aliphatic hydroxyl groups excluding tert-OH is 1. The van der Waals surface area contributed by atoms with Gasteiger partial charge in [-0.2, -0.15) is 0 Å². The molecule has 0 spiro atoms. The number of likely N-dealkylation sites (tertiary alicyclic amines) is 2. The van der Waals surface area contributed by atoms with Gasteiger partial charge in [0.2, 0.25) is 0 Å². The average Bonchev–Trinajstić information content (AvgIpc) is 3.59. The number of hydrogen-bond acceptors (Lipinski definition) is 14. The van der Waals surface area contributed by atoms with Crippen LogP contribution in [-0.2, 0) is 35.7 Å². The quantitative estimate of drug-likeness (QED) is 0.0958. The van der Waals surface area contributed by atoms with Gasteiger partial charge in [0.05, 0.1) is 17.1 Å². The summed E-state index contributed by atoms with van der Waals surface area (Å²) < 4.78 is 38.1. The molecule has 0 radical (unpaired) electrons. The summed E-state index contributed by atoms with van der Waals surface area (Å²) in [7, 11) is 0. The Bertz CT molecular complexity index is 3440. The largest absolute Gasteiger partial charge is 0.486 e. The van der Waals surface area contributed by atoms with Crippen LogP contribution in [0.4, 0.5) is 9.59 Å². The third-order valence-corrected chi connectivity index (χ3v) is 15.9. The first-order chi connectivity index (χ1) is 40.1. The molecule has 6 heterocycles. The van der Waals surface area contributed by atoms with Gasteiger partial charge in [-0.05, 0) is 170 Å². The van der Waals surface area contributed by atoms with E-state index in [0.717, 1.165) is 126 Å². The van der Waals surface area contributed by atoms with E-state index in [1.54, 1.807) is 16.7 Å². The Labute approximate surface area is 492 Å². The highest BCUT2D eigenvalue weighted by Crippen LogP contribution is 2.35. The summed E-state index contributed by atoms with van der Waals surface area (Å²) in [6.45, 7) is 25.8. The number of benzene rings is 4. The van der Waals surface area contributed by atoms with Crippen LogP contribution in [0.25, 0.3) is 21.8 Å². The summed E-state index contributed by atoms with van der Waals surface area (Å²) >= 11 is 0. The fraction of sp³-hybridized carbons (Fsp3) is 0.500. The van der Waals surface area contributed by atoms with Crippen molar-refractivity contribution < 1.29 is 47.9 Å². The van der Waals surface area contributed by atoms with Crippen molar-refractivity contribution in [1.29, 1.82) is 0 Å². The summed E-state index contributed by atoms with van der Waals surface area (Å²) in [6, 6.07) is 26.3. The third-order valence-electron chi connectivity index (χ3n) is 15.9. The molecule has 18 nitrogen and oxygen atoms in total. The molecule has 4 aliphatic heterocycles. The van der Waals surface area contributed by atoms with Crippen LogP contribution in [0.15, 0.2) is 94.5 Å². The second-order valence-corrected chi connectivity index (χ2v) is 24.6. The Kier molecular flexibility index (Phi) is 19.4. The number of piperidine rings is 2. The summed E-state index contributed by atoms with van der Waals surface area (Å²) in [5.41, 5.74) is 5.68. The number of amides is 2. The molecule has 1 N–H and O–H groups in total.